The van der Waals surface area contributed by atoms with Crippen LogP contribution in [0.25, 0.3) is 0 Å². The van der Waals surface area contributed by atoms with E-state index in [1.54, 1.807) is 18.2 Å². The van der Waals surface area contributed by atoms with Crippen molar-refractivity contribution >= 4 is 33.3 Å². The first-order valence-electron chi connectivity index (χ1n) is 4.86. The van der Waals surface area contributed by atoms with Crippen molar-refractivity contribution < 1.29 is 14.3 Å². The van der Waals surface area contributed by atoms with E-state index in [1.807, 2.05) is 0 Å². The van der Waals surface area contributed by atoms with Gasteiger partial charge in [0.25, 0.3) is 5.91 Å². The van der Waals surface area contributed by atoms with Gasteiger partial charge in [-0.05, 0) is 18.2 Å². The van der Waals surface area contributed by atoms with Crippen molar-refractivity contribution in [2.45, 2.75) is 6.42 Å². The van der Waals surface area contributed by atoms with E-state index in [4.69, 9.17) is 4.74 Å². The molecule has 1 amide bonds. The van der Waals surface area contributed by atoms with Crippen LogP contribution >= 0.6 is 15.9 Å². The van der Waals surface area contributed by atoms with Crippen molar-refractivity contribution in [2.75, 3.05) is 17.3 Å². The zero-order valence-corrected chi connectivity index (χ0v) is 10.0. The number of carbonyl (C=O) groups excluding carboxylic acids is 2. The second kappa shape index (κ2) is 4.65. The van der Waals surface area contributed by atoms with E-state index in [9.17, 15) is 9.59 Å². The minimum Gasteiger partial charge on any atom is -0.482 e. The van der Waals surface area contributed by atoms with Crippen molar-refractivity contribution in [1.29, 1.82) is 0 Å². The molecular weight excluding hydrogens is 274 g/mol. The number of amides is 1. The van der Waals surface area contributed by atoms with Crippen LogP contribution in [0.3, 0.4) is 0 Å². The van der Waals surface area contributed by atoms with Crippen LogP contribution in [0.1, 0.15) is 16.8 Å². The highest BCUT2D eigenvalue weighted by Crippen LogP contribution is 2.28. The SMILES string of the molecule is O=C1COc2ccc(C(=O)CCBr)cc2N1. The highest BCUT2D eigenvalue weighted by atomic mass is 79.9. The largest absolute Gasteiger partial charge is 0.482 e. The number of ketones is 1. The average Bonchev–Trinajstić information content (AvgIpc) is 2.28. The topological polar surface area (TPSA) is 55.4 Å². The van der Waals surface area contributed by atoms with Crippen LogP contribution < -0.4 is 10.1 Å². The molecule has 0 saturated heterocycles. The molecule has 0 saturated carbocycles. The van der Waals surface area contributed by atoms with Gasteiger partial charge in [-0.25, -0.2) is 0 Å². The molecule has 2 rings (SSSR count). The highest BCUT2D eigenvalue weighted by molar-refractivity contribution is 9.09. The first-order chi connectivity index (χ1) is 7.70. The predicted octanol–water partition coefficient (Wildman–Crippen LogP) is 1.99. The summed E-state index contributed by atoms with van der Waals surface area (Å²) in [6, 6.07) is 5.06. The summed E-state index contributed by atoms with van der Waals surface area (Å²) in [6.45, 7) is 0.0295. The molecule has 4 nitrogen and oxygen atoms in total. The molecule has 0 atom stereocenters. The Morgan fingerprint density at radius 1 is 1.50 bits per heavy atom. The zero-order chi connectivity index (χ0) is 11.5. The standard InChI is InChI=1S/C11H10BrNO3/c12-4-3-9(14)7-1-2-10-8(5-7)13-11(15)6-16-10/h1-2,5H,3-4,6H2,(H,13,15). The van der Waals surface area contributed by atoms with Crippen molar-refractivity contribution in [3.63, 3.8) is 0 Å². The number of carbonyl (C=O) groups is 2. The fourth-order valence-electron chi connectivity index (χ4n) is 1.49. The number of ether oxygens (including phenoxy) is 1. The average molecular weight is 284 g/mol. The van der Waals surface area contributed by atoms with Gasteiger partial charge >= 0.3 is 0 Å². The molecule has 0 radical (unpaired) electrons. The van der Waals surface area contributed by atoms with Gasteiger partial charge in [-0.1, -0.05) is 15.9 Å². The lowest BCUT2D eigenvalue weighted by Crippen LogP contribution is -2.25. The number of alkyl halides is 1. The molecule has 1 aromatic carbocycles. The second-order valence-electron chi connectivity index (χ2n) is 3.41. The lowest BCUT2D eigenvalue weighted by atomic mass is 10.1. The molecule has 0 unspecified atom stereocenters. The van der Waals surface area contributed by atoms with Gasteiger partial charge in [0, 0.05) is 17.3 Å². The van der Waals surface area contributed by atoms with E-state index in [0.29, 0.717) is 28.8 Å². The van der Waals surface area contributed by atoms with Crippen molar-refractivity contribution in [1.82, 2.24) is 0 Å². The molecule has 1 heterocycles. The van der Waals surface area contributed by atoms with Crippen LogP contribution in [-0.2, 0) is 4.79 Å². The number of nitrogens with one attached hydrogen (secondary N) is 1. The van der Waals surface area contributed by atoms with Crippen LogP contribution in [0.2, 0.25) is 0 Å². The summed E-state index contributed by atoms with van der Waals surface area (Å²) in [5, 5.41) is 3.30. The monoisotopic (exact) mass is 283 g/mol. The number of halogens is 1. The third kappa shape index (κ3) is 2.24. The summed E-state index contributed by atoms with van der Waals surface area (Å²) >= 11 is 3.22. The highest BCUT2D eigenvalue weighted by Gasteiger charge is 2.17. The van der Waals surface area contributed by atoms with Gasteiger partial charge in [0.1, 0.15) is 5.75 Å². The summed E-state index contributed by atoms with van der Waals surface area (Å²) in [4.78, 5) is 22.7. The van der Waals surface area contributed by atoms with E-state index in [-0.39, 0.29) is 18.3 Å². The number of rotatable bonds is 3. The quantitative estimate of drug-likeness (QED) is 0.682. The minimum absolute atomic E-state index is 0.0295. The van der Waals surface area contributed by atoms with Gasteiger partial charge in [-0.2, -0.15) is 0 Å². The third-order valence-corrected chi connectivity index (χ3v) is 2.65. The Bertz CT molecular complexity index is 445. The number of Topliss-reactive ketones (excluding diaryl/α,β-unsaturated/α-hetero) is 1. The second-order valence-corrected chi connectivity index (χ2v) is 4.20. The van der Waals surface area contributed by atoms with Crippen LogP contribution in [0.4, 0.5) is 5.69 Å². The molecule has 1 aromatic rings. The molecule has 16 heavy (non-hydrogen) atoms. The number of hydrogen-bond acceptors (Lipinski definition) is 3. The molecule has 0 fully saturated rings. The Kier molecular flexibility index (Phi) is 3.24. The molecule has 0 spiro atoms. The Labute approximate surface area is 101 Å². The molecule has 1 N–H and O–H groups in total. The first-order valence-corrected chi connectivity index (χ1v) is 5.98. The zero-order valence-electron chi connectivity index (χ0n) is 8.46. The first kappa shape index (κ1) is 11.1. The van der Waals surface area contributed by atoms with Crippen LogP contribution in [0.5, 0.6) is 5.75 Å². The Morgan fingerprint density at radius 2 is 2.31 bits per heavy atom. The number of hydrogen-bond donors (Lipinski definition) is 1. The summed E-state index contributed by atoms with van der Waals surface area (Å²) in [6.07, 6.45) is 0.438. The van der Waals surface area contributed by atoms with Gasteiger partial charge in [-0.15, -0.1) is 0 Å². The van der Waals surface area contributed by atoms with Crippen LogP contribution in [0.15, 0.2) is 18.2 Å². The van der Waals surface area contributed by atoms with Crippen molar-refractivity contribution in [3.8, 4) is 5.75 Å². The normalized spacial score (nSPS) is 13.7. The molecule has 0 aromatic heterocycles. The van der Waals surface area contributed by atoms with E-state index in [2.05, 4.69) is 21.2 Å². The Hall–Kier alpha value is -1.36. The smallest absolute Gasteiger partial charge is 0.262 e. The molecule has 84 valence electrons. The molecule has 1 aliphatic rings. The predicted molar refractivity (Wildman–Crippen MR) is 63.3 cm³/mol. The summed E-state index contributed by atoms with van der Waals surface area (Å²) in [5.74, 6) is 0.451. The van der Waals surface area contributed by atoms with Gasteiger partial charge in [0.05, 0.1) is 5.69 Å². The van der Waals surface area contributed by atoms with Crippen molar-refractivity contribution in [2.24, 2.45) is 0 Å². The number of anilines is 1. The minimum atomic E-state index is -0.197. The molecule has 1 aliphatic heterocycles. The summed E-state index contributed by atoms with van der Waals surface area (Å²) in [7, 11) is 0. The lowest BCUT2D eigenvalue weighted by Gasteiger charge is -2.18. The van der Waals surface area contributed by atoms with Gasteiger partial charge in [-0.3, -0.25) is 9.59 Å². The van der Waals surface area contributed by atoms with Crippen molar-refractivity contribution in [3.05, 3.63) is 23.8 Å². The Balaban J connectivity index is 2.27. The fraction of sp³-hybridized carbons (Fsp3) is 0.273. The van der Waals surface area contributed by atoms with E-state index in [1.165, 1.54) is 0 Å². The van der Waals surface area contributed by atoms with Gasteiger partial charge in [0.15, 0.2) is 12.4 Å². The summed E-state index contributed by atoms with van der Waals surface area (Å²) in [5.41, 5.74) is 1.15. The van der Waals surface area contributed by atoms with E-state index >= 15 is 0 Å². The third-order valence-electron chi connectivity index (χ3n) is 2.26. The van der Waals surface area contributed by atoms with Gasteiger partial charge in [0.2, 0.25) is 0 Å². The lowest BCUT2D eigenvalue weighted by molar-refractivity contribution is -0.118. The molecular formula is C11H10BrNO3. The molecule has 0 aliphatic carbocycles. The summed E-state index contributed by atoms with van der Waals surface area (Å²) < 4.78 is 5.20. The maximum absolute atomic E-state index is 11.6. The molecule has 0 bridgehead atoms. The molecule has 5 heteroatoms. The van der Waals surface area contributed by atoms with E-state index in [0.717, 1.165) is 0 Å². The van der Waals surface area contributed by atoms with Gasteiger partial charge < -0.3 is 10.1 Å². The van der Waals surface area contributed by atoms with Crippen LogP contribution in [0, 0.1) is 0 Å². The number of fused-ring (bicyclic) bond motifs is 1. The Morgan fingerprint density at radius 3 is 3.06 bits per heavy atom. The number of benzene rings is 1. The van der Waals surface area contributed by atoms with Crippen LogP contribution in [-0.4, -0.2) is 23.6 Å². The maximum atomic E-state index is 11.6. The van der Waals surface area contributed by atoms with E-state index < -0.39 is 0 Å². The maximum Gasteiger partial charge on any atom is 0.262 e. The fourth-order valence-corrected chi connectivity index (χ4v) is 1.85.